The summed E-state index contributed by atoms with van der Waals surface area (Å²) >= 11 is 0. The molecule has 0 bridgehead atoms. The van der Waals surface area contributed by atoms with E-state index >= 15 is 0 Å². The first-order valence-corrected chi connectivity index (χ1v) is 7.62. The van der Waals surface area contributed by atoms with E-state index in [4.69, 9.17) is 16.2 Å². The average Bonchev–Trinajstić information content (AvgIpc) is 2.97. The molecule has 128 valence electrons. The number of ether oxygens (including phenoxy) is 1. The lowest BCUT2D eigenvalue weighted by atomic mass is 9.95. The largest absolute Gasteiger partial charge is 0.493 e. The smallest absolute Gasteiger partial charge is 0.227 e. The lowest BCUT2D eigenvalue weighted by molar-refractivity contribution is -0.121. The molecule has 2 rings (SSSR count). The maximum atomic E-state index is 12.3. The van der Waals surface area contributed by atoms with Gasteiger partial charge >= 0.3 is 0 Å². The van der Waals surface area contributed by atoms with E-state index in [2.05, 4.69) is 5.32 Å². The summed E-state index contributed by atoms with van der Waals surface area (Å²) in [5.74, 6) is 0.582. The van der Waals surface area contributed by atoms with Crippen LogP contribution in [0.25, 0.3) is 0 Å². The minimum Gasteiger partial charge on any atom is -0.493 e. The third-order valence-corrected chi connectivity index (χ3v) is 4.04. The Morgan fingerprint density at radius 3 is 2.52 bits per heavy atom. The monoisotopic (exact) mass is 341 g/mol. The first kappa shape index (κ1) is 19.3. The zero-order valence-electron chi connectivity index (χ0n) is 13.0. The van der Waals surface area contributed by atoms with Gasteiger partial charge < -0.3 is 21.5 Å². The van der Waals surface area contributed by atoms with Gasteiger partial charge in [0.1, 0.15) is 5.75 Å². The van der Waals surface area contributed by atoms with Crippen LogP contribution in [0.15, 0.2) is 24.3 Å². The van der Waals surface area contributed by atoms with Crippen LogP contribution in [0, 0.1) is 11.8 Å². The molecule has 1 aromatic rings. The number of hydrogen-bond acceptors (Lipinski definition) is 4. The van der Waals surface area contributed by atoms with Crippen molar-refractivity contribution in [3.8, 4) is 5.75 Å². The maximum absolute atomic E-state index is 12.3. The van der Waals surface area contributed by atoms with Gasteiger partial charge in [-0.15, -0.1) is 12.4 Å². The number of nitrogens with one attached hydrogen (secondary N) is 1. The third-order valence-electron chi connectivity index (χ3n) is 4.04. The number of rotatable bonds is 7. The molecule has 1 aliphatic carbocycles. The van der Waals surface area contributed by atoms with Gasteiger partial charge in [0, 0.05) is 11.6 Å². The molecular formula is C16H24ClN3O3. The van der Waals surface area contributed by atoms with Crippen molar-refractivity contribution in [3.05, 3.63) is 24.3 Å². The molecule has 6 nitrogen and oxygen atoms in total. The normalized spacial score (nSPS) is 19.7. The van der Waals surface area contributed by atoms with Crippen molar-refractivity contribution >= 4 is 29.9 Å². The van der Waals surface area contributed by atoms with Crippen molar-refractivity contribution in [1.82, 2.24) is 0 Å². The second-order valence-electron chi connectivity index (χ2n) is 5.61. The van der Waals surface area contributed by atoms with E-state index in [0.29, 0.717) is 12.3 Å². The number of halogens is 1. The highest BCUT2D eigenvalue weighted by Crippen LogP contribution is 2.32. The standard InChI is InChI=1S/C16H23N3O3.ClH/c17-10-11-2-1-3-14(11)16(21)19-12-4-6-13(7-5-12)22-9-8-15(18)20;/h4-7,11,14H,1-3,8-10,17H2,(H2,18,20)(H,19,21);1H/t11-,14-;/m1./s1. The molecule has 5 N–H and O–H groups in total. The van der Waals surface area contributed by atoms with Gasteiger partial charge in [-0.3, -0.25) is 9.59 Å². The highest BCUT2D eigenvalue weighted by atomic mass is 35.5. The molecule has 0 aromatic heterocycles. The first-order chi connectivity index (χ1) is 10.6. The third kappa shape index (κ3) is 5.73. The van der Waals surface area contributed by atoms with Crippen LogP contribution in [0.3, 0.4) is 0 Å². The van der Waals surface area contributed by atoms with Crippen molar-refractivity contribution in [3.63, 3.8) is 0 Å². The summed E-state index contributed by atoms with van der Waals surface area (Å²) in [5, 5.41) is 2.93. The SMILES string of the molecule is Cl.NC[C@H]1CCC[C@H]1C(=O)Nc1ccc(OCCC(N)=O)cc1. The molecule has 0 saturated heterocycles. The van der Waals surface area contributed by atoms with Crippen LogP contribution >= 0.6 is 12.4 Å². The fourth-order valence-corrected chi connectivity index (χ4v) is 2.80. The number of benzene rings is 1. The Morgan fingerprint density at radius 1 is 1.22 bits per heavy atom. The van der Waals surface area contributed by atoms with E-state index in [1.54, 1.807) is 24.3 Å². The Kier molecular flexibility index (Phi) is 7.85. The highest BCUT2D eigenvalue weighted by Gasteiger charge is 2.31. The summed E-state index contributed by atoms with van der Waals surface area (Å²) in [7, 11) is 0. The Hall–Kier alpha value is -1.79. The predicted octanol–water partition coefficient (Wildman–Crippen LogP) is 1.68. The molecule has 1 fully saturated rings. The van der Waals surface area contributed by atoms with Crippen LogP contribution in [0.5, 0.6) is 5.75 Å². The summed E-state index contributed by atoms with van der Waals surface area (Å²) in [6, 6.07) is 7.07. The number of nitrogens with two attached hydrogens (primary N) is 2. The molecule has 0 heterocycles. The van der Waals surface area contributed by atoms with Crippen molar-refractivity contribution in [2.24, 2.45) is 23.3 Å². The van der Waals surface area contributed by atoms with Crippen molar-refractivity contribution in [2.75, 3.05) is 18.5 Å². The van der Waals surface area contributed by atoms with Gasteiger partial charge in [0.2, 0.25) is 11.8 Å². The summed E-state index contributed by atoms with van der Waals surface area (Å²) in [6.07, 6.45) is 3.18. The molecule has 1 aromatic carbocycles. The fraction of sp³-hybridized carbons (Fsp3) is 0.500. The zero-order chi connectivity index (χ0) is 15.9. The predicted molar refractivity (Wildman–Crippen MR) is 91.5 cm³/mol. The van der Waals surface area contributed by atoms with Crippen LogP contribution in [0.4, 0.5) is 5.69 Å². The number of hydrogen-bond donors (Lipinski definition) is 3. The van der Waals surface area contributed by atoms with Gasteiger partial charge in [-0.25, -0.2) is 0 Å². The number of carbonyl (C=O) groups is 2. The van der Waals surface area contributed by atoms with Crippen LogP contribution in [0.1, 0.15) is 25.7 Å². The molecule has 0 unspecified atom stereocenters. The van der Waals surface area contributed by atoms with E-state index in [9.17, 15) is 9.59 Å². The lowest BCUT2D eigenvalue weighted by Gasteiger charge is -2.17. The van der Waals surface area contributed by atoms with Gasteiger partial charge in [0.25, 0.3) is 0 Å². The van der Waals surface area contributed by atoms with Gasteiger partial charge in [-0.1, -0.05) is 6.42 Å². The van der Waals surface area contributed by atoms with Gasteiger partial charge in [0.05, 0.1) is 13.0 Å². The minimum atomic E-state index is -0.394. The zero-order valence-corrected chi connectivity index (χ0v) is 13.8. The van der Waals surface area contributed by atoms with Crippen molar-refractivity contribution in [2.45, 2.75) is 25.7 Å². The highest BCUT2D eigenvalue weighted by molar-refractivity contribution is 5.93. The molecule has 23 heavy (non-hydrogen) atoms. The Morgan fingerprint density at radius 2 is 1.91 bits per heavy atom. The quantitative estimate of drug-likeness (QED) is 0.701. The molecule has 0 aliphatic heterocycles. The molecule has 1 saturated carbocycles. The average molecular weight is 342 g/mol. The van der Waals surface area contributed by atoms with Gasteiger partial charge in [0.15, 0.2) is 0 Å². The number of anilines is 1. The van der Waals surface area contributed by atoms with Crippen molar-refractivity contribution in [1.29, 1.82) is 0 Å². The Labute approximate surface area is 142 Å². The molecule has 0 spiro atoms. The molecule has 1 aliphatic rings. The molecule has 2 atom stereocenters. The van der Waals surface area contributed by atoms with E-state index in [1.807, 2.05) is 0 Å². The van der Waals surface area contributed by atoms with Gasteiger partial charge in [-0.05, 0) is 49.6 Å². The first-order valence-electron chi connectivity index (χ1n) is 7.62. The Balaban J connectivity index is 0.00000264. The topological polar surface area (TPSA) is 107 Å². The van der Waals surface area contributed by atoms with Crippen LogP contribution < -0.4 is 21.5 Å². The second-order valence-corrected chi connectivity index (χ2v) is 5.61. The second kappa shape index (κ2) is 9.37. The van der Waals surface area contributed by atoms with Gasteiger partial charge in [-0.2, -0.15) is 0 Å². The van der Waals surface area contributed by atoms with E-state index in [-0.39, 0.29) is 43.2 Å². The van der Waals surface area contributed by atoms with E-state index in [1.165, 1.54) is 0 Å². The van der Waals surface area contributed by atoms with Crippen molar-refractivity contribution < 1.29 is 14.3 Å². The van der Waals surface area contributed by atoms with Crippen LogP contribution in [-0.2, 0) is 9.59 Å². The number of carbonyl (C=O) groups excluding carboxylic acids is 2. The number of primary amides is 1. The minimum absolute atomic E-state index is 0. The Bertz CT molecular complexity index is 522. The molecule has 7 heteroatoms. The summed E-state index contributed by atoms with van der Waals surface area (Å²) in [4.78, 5) is 22.9. The van der Waals surface area contributed by atoms with E-state index in [0.717, 1.165) is 24.9 Å². The summed E-state index contributed by atoms with van der Waals surface area (Å²) in [5.41, 5.74) is 11.5. The summed E-state index contributed by atoms with van der Waals surface area (Å²) in [6.45, 7) is 0.812. The molecule has 0 radical (unpaired) electrons. The van der Waals surface area contributed by atoms with Crippen LogP contribution in [0.2, 0.25) is 0 Å². The van der Waals surface area contributed by atoms with E-state index < -0.39 is 5.91 Å². The maximum Gasteiger partial charge on any atom is 0.227 e. The molecule has 2 amide bonds. The lowest BCUT2D eigenvalue weighted by Crippen LogP contribution is -2.29. The number of amides is 2. The fourth-order valence-electron chi connectivity index (χ4n) is 2.80. The van der Waals surface area contributed by atoms with Crippen LogP contribution in [-0.4, -0.2) is 25.0 Å². The summed E-state index contributed by atoms with van der Waals surface area (Å²) < 4.78 is 5.38. The molecular weight excluding hydrogens is 318 g/mol.